The molecule has 11 heteroatoms. The first-order valence-corrected chi connectivity index (χ1v) is 8.99. The summed E-state index contributed by atoms with van der Waals surface area (Å²) in [4.78, 5) is 32.8. The van der Waals surface area contributed by atoms with E-state index in [1.807, 2.05) is 0 Å². The Hall–Kier alpha value is -1.74. The first-order chi connectivity index (χ1) is 12.7. The summed E-state index contributed by atoms with van der Waals surface area (Å²) >= 11 is 0. The number of ketones is 1. The second kappa shape index (κ2) is 10.2. The topological polar surface area (TPSA) is 124 Å². The quantitative estimate of drug-likeness (QED) is 0.318. The second-order valence-corrected chi connectivity index (χ2v) is 6.29. The Morgan fingerprint density at radius 1 is 0.857 bits per heavy atom. The molecule has 0 fully saturated rings. The smallest absolute Gasteiger partial charge is 0.746 e. The van der Waals surface area contributed by atoms with Crippen LogP contribution in [0.1, 0.15) is 15.9 Å². The van der Waals surface area contributed by atoms with Crippen LogP contribution in [0.25, 0.3) is 0 Å². The average Bonchev–Trinajstić information content (AvgIpc) is 2.64. The van der Waals surface area contributed by atoms with Crippen molar-refractivity contribution in [2.75, 3.05) is 28.4 Å². The number of rotatable bonds is 8. The van der Waals surface area contributed by atoms with Crippen molar-refractivity contribution in [2.45, 2.75) is 0 Å². The molecule has 9 nitrogen and oxygen atoms in total. The van der Waals surface area contributed by atoms with Crippen LogP contribution < -0.4 is 57.9 Å². The van der Waals surface area contributed by atoms with E-state index in [1.165, 1.54) is 52.7 Å². The Morgan fingerprint density at radius 2 is 1.36 bits per heavy atom. The van der Waals surface area contributed by atoms with Gasteiger partial charge in [0, 0.05) is 11.1 Å². The minimum Gasteiger partial charge on any atom is -0.746 e. The minimum absolute atomic E-state index is 0. The van der Waals surface area contributed by atoms with E-state index in [4.69, 9.17) is 23.8 Å². The number of carbonyl (C=O) groups excluding carboxylic acids is 1. The number of phosphoric acid groups is 1. The van der Waals surface area contributed by atoms with Crippen LogP contribution in [0.3, 0.4) is 0 Å². The second-order valence-electron chi connectivity index (χ2n) is 5.17. The number of methoxy groups -OCH3 is 4. The largest absolute Gasteiger partial charge is 1.00 e. The van der Waals surface area contributed by atoms with Crippen molar-refractivity contribution >= 4 is 13.6 Å². The van der Waals surface area contributed by atoms with Gasteiger partial charge in [0.1, 0.15) is 0 Å². The maximum atomic E-state index is 12.8. The molecule has 0 saturated carbocycles. The Morgan fingerprint density at radius 3 is 1.79 bits per heavy atom. The Kier molecular flexibility index (Phi) is 8.81. The van der Waals surface area contributed by atoms with Crippen LogP contribution in [0.4, 0.5) is 0 Å². The SMILES string of the molecule is COc1ccc(C(=O)c2cc(OC)c(OC)c(OC)c2)cc1OP(=O)([O-])O.[Na+]. The number of carbonyl (C=O) groups is 1. The molecular formula is C17H18NaO9P. The Labute approximate surface area is 184 Å². The fourth-order valence-corrected chi connectivity index (χ4v) is 2.78. The standard InChI is InChI=1S/C17H19O9P.Na/c1-22-12-6-5-10(7-13(12)26-27(19,20)21)16(18)11-8-14(23-2)17(25-4)15(9-11)24-3;/h5-9H,1-4H3,(H2,19,20,21);/q;+1/p-1. The van der Waals surface area contributed by atoms with Crippen LogP contribution in [-0.4, -0.2) is 39.1 Å². The van der Waals surface area contributed by atoms with Gasteiger partial charge in [0.05, 0.1) is 28.4 Å². The van der Waals surface area contributed by atoms with Gasteiger partial charge in [-0.1, -0.05) is 0 Å². The summed E-state index contributed by atoms with van der Waals surface area (Å²) in [5, 5.41) is 0. The van der Waals surface area contributed by atoms with Crippen LogP contribution >= 0.6 is 7.82 Å². The van der Waals surface area contributed by atoms with E-state index in [0.717, 1.165) is 6.07 Å². The molecule has 2 aromatic rings. The van der Waals surface area contributed by atoms with Crippen LogP contribution in [-0.2, 0) is 4.57 Å². The molecule has 0 aliphatic heterocycles. The van der Waals surface area contributed by atoms with Crippen molar-refractivity contribution in [2.24, 2.45) is 0 Å². The number of hydrogen-bond acceptors (Lipinski definition) is 8. The summed E-state index contributed by atoms with van der Waals surface area (Å²) in [6, 6.07) is 6.82. The molecule has 0 bridgehead atoms. The molecule has 1 unspecified atom stereocenters. The van der Waals surface area contributed by atoms with Crippen molar-refractivity contribution in [3.05, 3.63) is 41.5 Å². The van der Waals surface area contributed by atoms with E-state index < -0.39 is 13.6 Å². The van der Waals surface area contributed by atoms with Crippen LogP contribution in [0.2, 0.25) is 0 Å². The maximum Gasteiger partial charge on any atom is 1.00 e. The summed E-state index contributed by atoms with van der Waals surface area (Å²) in [6.45, 7) is 0. The van der Waals surface area contributed by atoms with E-state index >= 15 is 0 Å². The van der Waals surface area contributed by atoms with Crippen molar-refractivity contribution in [1.82, 2.24) is 0 Å². The third-order valence-electron chi connectivity index (χ3n) is 3.57. The number of benzene rings is 2. The van der Waals surface area contributed by atoms with Gasteiger partial charge in [0.2, 0.25) is 5.75 Å². The van der Waals surface area contributed by atoms with Crippen molar-refractivity contribution in [1.29, 1.82) is 0 Å². The van der Waals surface area contributed by atoms with Gasteiger partial charge < -0.3 is 33.3 Å². The molecule has 0 radical (unpaired) electrons. The summed E-state index contributed by atoms with van der Waals surface area (Å²) in [5.41, 5.74) is 0.295. The van der Waals surface area contributed by atoms with Gasteiger partial charge in [-0.05, 0) is 30.3 Å². The molecule has 1 N–H and O–H groups in total. The predicted molar refractivity (Wildman–Crippen MR) is 93.0 cm³/mol. The molecule has 2 aromatic carbocycles. The van der Waals surface area contributed by atoms with Crippen molar-refractivity contribution in [3.63, 3.8) is 0 Å². The molecule has 1 atom stereocenters. The van der Waals surface area contributed by atoms with E-state index in [2.05, 4.69) is 4.52 Å². The molecule has 28 heavy (non-hydrogen) atoms. The molecule has 0 saturated heterocycles. The van der Waals surface area contributed by atoms with Gasteiger partial charge in [-0.3, -0.25) is 9.36 Å². The molecule has 2 rings (SSSR count). The van der Waals surface area contributed by atoms with E-state index in [0.29, 0.717) is 5.75 Å². The summed E-state index contributed by atoms with van der Waals surface area (Å²) in [5.74, 6) is 0.121. The predicted octanol–water partition coefficient (Wildman–Crippen LogP) is -1.20. The number of phosphoric ester groups is 1. The van der Waals surface area contributed by atoms with Crippen LogP contribution in [0.15, 0.2) is 30.3 Å². The molecule has 0 aliphatic rings. The third kappa shape index (κ3) is 5.64. The molecule has 0 aliphatic carbocycles. The van der Waals surface area contributed by atoms with Gasteiger partial charge >= 0.3 is 37.4 Å². The van der Waals surface area contributed by atoms with Gasteiger partial charge in [-0.2, -0.15) is 0 Å². The normalized spacial score (nSPS) is 12.2. The zero-order chi connectivity index (χ0) is 20.2. The Balaban J connectivity index is 0.00000392. The first kappa shape index (κ1) is 24.3. The molecule has 146 valence electrons. The van der Waals surface area contributed by atoms with Gasteiger partial charge in [-0.15, -0.1) is 0 Å². The van der Waals surface area contributed by atoms with Crippen molar-refractivity contribution in [3.8, 4) is 28.7 Å². The van der Waals surface area contributed by atoms with Gasteiger partial charge in [0.25, 0.3) is 0 Å². The molecule has 0 spiro atoms. The van der Waals surface area contributed by atoms with E-state index in [1.54, 1.807) is 0 Å². The van der Waals surface area contributed by atoms with E-state index in [-0.39, 0.29) is 63.7 Å². The van der Waals surface area contributed by atoms with Gasteiger partial charge in [0.15, 0.2) is 28.8 Å². The number of hydrogen-bond donors (Lipinski definition) is 1. The fraction of sp³-hybridized carbons (Fsp3) is 0.235. The van der Waals surface area contributed by atoms with Crippen LogP contribution in [0.5, 0.6) is 28.7 Å². The zero-order valence-corrected chi connectivity index (χ0v) is 18.9. The molecular weight excluding hydrogens is 402 g/mol. The third-order valence-corrected chi connectivity index (χ3v) is 3.99. The maximum absolute atomic E-state index is 12.8. The first-order valence-electron chi connectivity index (χ1n) is 7.50. The summed E-state index contributed by atoms with van der Waals surface area (Å²) < 4.78 is 36.1. The number of ether oxygens (including phenoxy) is 4. The van der Waals surface area contributed by atoms with Gasteiger partial charge in [-0.25, -0.2) is 0 Å². The summed E-state index contributed by atoms with van der Waals surface area (Å²) in [6.07, 6.45) is 0. The Bertz CT molecular complexity index is 869. The monoisotopic (exact) mass is 420 g/mol. The van der Waals surface area contributed by atoms with E-state index in [9.17, 15) is 14.3 Å². The molecule has 0 amide bonds. The summed E-state index contributed by atoms with van der Waals surface area (Å²) in [7, 11) is 0.469. The molecule has 0 aromatic heterocycles. The van der Waals surface area contributed by atoms with Crippen LogP contribution in [0, 0.1) is 0 Å². The minimum atomic E-state index is -5.08. The van der Waals surface area contributed by atoms with Crippen molar-refractivity contribution < 1.29 is 72.2 Å². The zero-order valence-electron chi connectivity index (χ0n) is 16.0. The molecule has 0 heterocycles. The fourth-order valence-electron chi connectivity index (χ4n) is 2.39. The average molecular weight is 420 g/mol.